The maximum absolute atomic E-state index is 13.8. The summed E-state index contributed by atoms with van der Waals surface area (Å²) in [4.78, 5) is 56.6. The van der Waals surface area contributed by atoms with Crippen molar-refractivity contribution in [1.29, 1.82) is 0 Å². The number of nitrogens with zero attached hydrogens (tertiary/aromatic N) is 1. The van der Waals surface area contributed by atoms with Crippen LogP contribution in [0, 0.1) is 0 Å². The largest absolute Gasteiger partial charge is 0.493 e. The lowest BCUT2D eigenvalue weighted by molar-refractivity contribution is -0.124. The highest BCUT2D eigenvalue weighted by Crippen LogP contribution is 2.21. The molecule has 2 heterocycles. The highest BCUT2D eigenvalue weighted by Gasteiger charge is 2.25. The van der Waals surface area contributed by atoms with Crippen molar-refractivity contribution in [3.05, 3.63) is 131 Å². The lowest BCUT2D eigenvalue weighted by Crippen LogP contribution is -2.47. The molecule has 4 aromatic carbocycles. The SMILES string of the molecule is O=C1CC[C@@H](C(=O)NCc2cccc(CN3CCOCC3)c2)NC(=O)c2ccccc2OCCCNC(=O)c2ccccc2OC[C@H](Cc2ccccc2)N1. The topological polar surface area (TPSA) is 147 Å². The molecule has 0 saturated carbocycles. The number of hydrogen-bond acceptors (Lipinski definition) is 8. The zero-order chi connectivity index (χ0) is 38.2. The minimum absolute atomic E-state index is 0.0458. The summed E-state index contributed by atoms with van der Waals surface area (Å²) in [6, 6.07) is 30.1. The first kappa shape index (κ1) is 39.0. The predicted molar refractivity (Wildman–Crippen MR) is 208 cm³/mol. The lowest BCUT2D eigenvalue weighted by Gasteiger charge is -2.26. The Bertz CT molecular complexity index is 1900. The van der Waals surface area contributed by atoms with E-state index in [9.17, 15) is 19.2 Å². The molecule has 12 heteroatoms. The van der Waals surface area contributed by atoms with Gasteiger partial charge in [0.15, 0.2) is 0 Å². The maximum Gasteiger partial charge on any atom is 0.255 e. The third-order valence-electron chi connectivity index (χ3n) is 9.51. The van der Waals surface area contributed by atoms with Gasteiger partial charge in [-0.05, 0) is 60.2 Å². The van der Waals surface area contributed by atoms with Gasteiger partial charge in [0.2, 0.25) is 11.8 Å². The first-order valence-corrected chi connectivity index (χ1v) is 18.9. The number of rotatable bonds is 7. The Morgan fingerprint density at radius 2 is 1.40 bits per heavy atom. The Morgan fingerprint density at radius 3 is 2.18 bits per heavy atom. The minimum atomic E-state index is -1.01. The summed E-state index contributed by atoms with van der Waals surface area (Å²) in [6.45, 7) is 4.87. The van der Waals surface area contributed by atoms with Gasteiger partial charge in [-0.25, -0.2) is 0 Å². The second-order valence-corrected chi connectivity index (χ2v) is 13.7. The molecule has 55 heavy (non-hydrogen) atoms. The molecule has 4 N–H and O–H groups in total. The molecule has 1 fully saturated rings. The van der Waals surface area contributed by atoms with E-state index in [1.54, 1.807) is 48.5 Å². The van der Waals surface area contributed by atoms with E-state index >= 15 is 0 Å². The van der Waals surface area contributed by atoms with E-state index in [0.29, 0.717) is 49.7 Å². The zero-order valence-electron chi connectivity index (χ0n) is 31.0. The first-order valence-electron chi connectivity index (χ1n) is 18.9. The zero-order valence-corrected chi connectivity index (χ0v) is 31.0. The molecule has 0 unspecified atom stereocenters. The minimum Gasteiger partial charge on any atom is -0.493 e. The highest BCUT2D eigenvalue weighted by molar-refractivity contribution is 6.00. The van der Waals surface area contributed by atoms with Crippen LogP contribution in [0.2, 0.25) is 0 Å². The fourth-order valence-corrected chi connectivity index (χ4v) is 6.60. The summed E-state index contributed by atoms with van der Waals surface area (Å²) in [5.74, 6) is -0.764. The molecule has 2 aliphatic rings. The van der Waals surface area contributed by atoms with Gasteiger partial charge in [-0.2, -0.15) is 0 Å². The molecule has 0 radical (unpaired) electrons. The van der Waals surface area contributed by atoms with Crippen molar-refractivity contribution in [3.63, 3.8) is 0 Å². The second-order valence-electron chi connectivity index (χ2n) is 13.7. The van der Waals surface area contributed by atoms with Gasteiger partial charge in [-0.3, -0.25) is 24.1 Å². The average Bonchev–Trinajstić information content (AvgIpc) is 3.21. The van der Waals surface area contributed by atoms with Gasteiger partial charge < -0.3 is 35.5 Å². The second kappa shape index (κ2) is 20.1. The summed E-state index contributed by atoms with van der Waals surface area (Å²) < 4.78 is 17.6. The summed E-state index contributed by atoms with van der Waals surface area (Å²) in [7, 11) is 0. The monoisotopic (exact) mass is 747 g/mol. The van der Waals surface area contributed by atoms with Crippen LogP contribution in [-0.2, 0) is 33.8 Å². The van der Waals surface area contributed by atoms with Crippen LogP contribution >= 0.6 is 0 Å². The van der Waals surface area contributed by atoms with Crippen LogP contribution in [0.5, 0.6) is 11.5 Å². The quantitative estimate of drug-likeness (QED) is 0.222. The number of para-hydroxylation sites is 2. The van der Waals surface area contributed by atoms with Crippen molar-refractivity contribution in [2.45, 2.75) is 50.9 Å². The predicted octanol–water partition coefficient (Wildman–Crippen LogP) is 4.03. The van der Waals surface area contributed by atoms with Gasteiger partial charge >= 0.3 is 0 Å². The van der Waals surface area contributed by atoms with E-state index in [4.69, 9.17) is 14.2 Å². The molecule has 6 rings (SSSR count). The van der Waals surface area contributed by atoms with E-state index in [1.165, 1.54) is 0 Å². The third kappa shape index (κ3) is 11.9. The van der Waals surface area contributed by atoms with Crippen molar-refractivity contribution in [2.24, 2.45) is 0 Å². The number of ether oxygens (including phenoxy) is 3. The van der Waals surface area contributed by atoms with E-state index in [2.05, 4.69) is 38.3 Å². The Kier molecular flexibility index (Phi) is 14.2. The summed E-state index contributed by atoms with van der Waals surface area (Å²) in [5, 5.41) is 11.9. The Balaban J connectivity index is 1.19. The van der Waals surface area contributed by atoms with Crippen LogP contribution in [0.3, 0.4) is 0 Å². The molecule has 0 bridgehead atoms. The van der Waals surface area contributed by atoms with Crippen LogP contribution in [-0.4, -0.2) is 86.7 Å². The number of hydrogen-bond donors (Lipinski definition) is 4. The van der Waals surface area contributed by atoms with E-state index in [0.717, 1.165) is 36.3 Å². The molecular weight excluding hydrogens is 699 g/mol. The fourth-order valence-electron chi connectivity index (χ4n) is 6.60. The molecule has 4 aromatic rings. The van der Waals surface area contributed by atoms with Gasteiger partial charge in [-0.1, -0.05) is 78.9 Å². The molecule has 288 valence electrons. The van der Waals surface area contributed by atoms with Crippen molar-refractivity contribution in [3.8, 4) is 11.5 Å². The van der Waals surface area contributed by atoms with Crippen molar-refractivity contribution < 1.29 is 33.4 Å². The number of benzene rings is 4. The summed E-state index contributed by atoms with van der Waals surface area (Å²) in [5.41, 5.74) is 3.69. The van der Waals surface area contributed by atoms with Gasteiger partial charge in [0.05, 0.1) is 37.0 Å². The molecule has 0 aliphatic carbocycles. The van der Waals surface area contributed by atoms with Crippen LogP contribution in [0.15, 0.2) is 103 Å². The van der Waals surface area contributed by atoms with Crippen molar-refractivity contribution in [1.82, 2.24) is 26.2 Å². The molecule has 2 aliphatic heterocycles. The number of carbonyl (C=O) groups excluding carboxylic acids is 4. The molecular formula is C43H49N5O7. The maximum atomic E-state index is 13.8. The number of morpholine rings is 1. The smallest absolute Gasteiger partial charge is 0.255 e. The lowest BCUT2D eigenvalue weighted by atomic mass is 10.0. The number of carbonyl (C=O) groups is 4. The molecule has 12 nitrogen and oxygen atoms in total. The van der Waals surface area contributed by atoms with Crippen molar-refractivity contribution >= 4 is 23.6 Å². The number of amides is 4. The Hall–Kier alpha value is -5.72. The normalized spacial score (nSPS) is 19.2. The van der Waals surface area contributed by atoms with Crippen LogP contribution in [0.4, 0.5) is 0 Å². The van der Waals surface area contributed by atoms with E-state index in [-0.39, 0.29) is 50.0 Å². The molecule has 0 spiro atoms. The average molecular weight is 748 g/mol. The van der Waals surface area contributed by atoms with Gasteiger partial charge in [0, 0.05) is 39.1 Å². The first-order chi connectivity index (χ1) is 26.9. The molecule has 2 atom stereocenters. The molecule has 1 saturated heterocycles. The van der Waals surface area contributed by atoms with Crippen LogP contribution in [0.25, 0.3) is 0 Å². The summed E-state index contributed by atoms with van der Waals surface area (Å²) in [6.07, 6.45) is 0.957. The number of nitrogens with one attached hydrogen (secondary N) is 4. The van der Waals surface area contributed by atoms with Gasteiger partial charge in [0.25, 0.3) is 11.8 Å². The van der Waals surface area contributed by atoms with Crippen LogP contribution in [0.1, 0.15) is 56.7 Å². The summed E-state index contributed by atoms with van der Waals surface area (Å²) >= 11 is 0. The Morgan fingerprint density at radius 1 is 0.727 bits per heavy atom. The highest BCUT2D eigenvalue weighted by atomic mass is 16.5. The Labute approximate surface area is 321 Å². The van der Waals surface area contributed by atoms with Gasteiger partial charge in [-0.15, -0.1) is 0 Å². The third-order valence-corrected chi connectivity index (χ3v) is 9.51. The standard InChI is InChI=1S/C43H49N5O7/c49-40-19-18-37(43(52)45-28-32-12-8-13-33(26-32)29-48-21-24-53-25-22-48)47-42(51)36-15-5-6-16-38(36)54-23-9-20-44-41(50)35-14-4-7-17-39(35)55-30-34(46-40)27-31-10-2-1-3-11-31/h1-8,10-17,26,34,37H,9,18-25,27-30H2,(H,44,50)(H,45,52)(H,46,49)(H,47,51)/t34-,37-/m0/s1. The van der Waals surface area contributed by atoms with Crippen molar-refractivity contribution in [2.75, 3.05) is 46.1 Å². The fraction of sp³-hybridized carbons (Fsp3) is 0.349. The molecule has 0 aromatic heterocycles. The number of fused-ring (bicyclic) bond motifs is 2. The van der Waals surface area contributed by atoms with Crippen LogP contribution < -0.4 is 30.7 Å². The van der Waals surface area contributed by atoms with E-state index in [1.807, 2.05) is 42.5 Å². The molecule has 4 amide bonds. The van der Waals surface area contributed by atoms with E-state index < -0.39 is 23.9 Å². The van der Waals surface area contributed by atoms with Gasteiger partial charge in [0.1, 0.15) is 24.1 Å².